The van der Waals surface area contributed by atoms with Gasteiger partial charge in [-0.1, -0.05) is 140 Å². The van der Waals surface area contributed by atoms with Gasteiger partial charge in [0.15, 0.2) is 0 Å². The zero-order chi connectivity index (χ0) is 38.8. The minimum Gasteiger partial charge on any atom is -0.455 e. The van der Waals surface area contributed by atoms with E-state index in [2.05, 4.69) is 229 Å². The van der Waals surface area contributed by atoms with E-state index in [0.29, 0.717) is 0 Å². The molecule has 276 valence electrons. The molecule has 0 unspecified atom stereocenters. The lowest BCUT2D eigenvalue weighted by molar-refractivity contribution is 0.673. The number of para-hydroxylation sites is 3. The average Bonchev–Trinajstić information content (AvgIpc) is 3.67. The van der Waals surface area contributed by atoms with Gasteiger partial charge in [-0.15, -0.1) is 0 Å². The van der Waals surface area contributed by atoms with Crippen molar-refractivity contribution in [3.63, 3.8) is 0 Å². The van der Waals surface area contributed by atoms with Gasteiger partial charge >= 0.3 is 0 Å². The van der Waals surface area contributed by atoms with Crippen LogP contribution in [0.25, 0.3) is 54.6 Å². The summed E-state index contributed by atoms with van der Waals surface area (Å²) in [6.07, 6.45) is 15.6. The molecular weight excluding hydrogens is 705 g/mol. The normalized spacial score (nSPS) is 15.6. The summed E-state index contributed by atoms with van der Waals surface area (Å²) in [5.41, 5.74) is 11.3. The molecule has 1 aliphatic carbocycles. The van der Waals surface area contributed by atoms with Crippen molar-refractivity contribution in [3.05, 3.63) is 236 Å². The second-order valence-electron chi connectivity index (χ2n) is 14.5. The van der Waals surface area contributed by atoms with E-state index < -0.39 is 0 Å². The summed E-state index contributed by atoms with van der Waals surface area (Å²) in [6, 6.07) is 62.5. The lowest BCUT2D eigenvalue weighted by Gasteiger charge is -2.28. The van der Waals surface area contributed by atoms with E-state index in [1.54, 1.807) is 0 Å². The number of hydrogen-bond acceptors (Lipinski definition) is 3. The third-order valence-electron chi connectivity index (χ3n) is 11.0. The molecule has 58 heavy (non-hydrogen) atoms. The molecule has 0 saturated carbocycles. The second-order valence-corrected chi connectivity index (χ2v) is 14.5. The van der Waals surface area contributed by atoms with Crippen LogP contribution in [0, 0.1) is 0 Å². The number of rotatable bonds is 7. The summed E-state index contributed by atoms with van der Waals surface area (Å²) >= 11 is 0. The van der Waals surface area contributed by atoms with Crippen molar-refractivity contribution in [2.45, 2.75) is 6.42 Å². The smallest absolute Gasteiger partial charge is 0.143 e. The average molecular weight is 745 g/mol. The molecule has 0 amide bonds. The van der Waals surface area contributed by atoms with E-state index in [-0.39, 0.29) is 0 Å². The molecule has 9 aromatic rings. The zero-order valence-corrected chi connectivity index (χ0v) is 32.0. The van der Waals surface area contributed by atoms with Gasteiger partial charge < -0.3 is 14.2 Å². The number of hydrogen-bond donors (Lipinski definition) is 0. The van der Waals surface area contributed by atoms with Crippen LogP contribution in [0.4, 0.5) is 28.4 Å². The van der Waals surface area contributed by atoms with E-state index >= 15 is 0 Å². The molecule has 0 spiro atoms. The molecule has 0 N–H and O–H groups in total. The van der Waals surface area contributed by atoms with Crippen molar-refractivity contribution in [3.8, 4) is 11.1 Å². The van der Waals surface area contributed by atoms with Crippen molar-refractivity contribution in [2.24, 2.45) is 0 Å². The molecule has 8 aromatic carbocycles. The molecule has 1 heterocycles. The standard InChI is InChI=1S/C55H40N2O/c1-39-19-9-4-2-3-5-16-28-52(39)57(44-24-14-8-15-25-44)46-34-36-50-53(38-46)58-55-49-35-31-41(37-51(49)47-26-17-18-27-48(47)54(50)55)40-29-32-45(33-30-40)56(42-20-10-6-11-21-42)43-22-12-7-13-23-43/h2,4-38H,1,3H2/b4-2-,16-5-,19-9-,52-28+. The molecule has 0 saturated heterocycles. The SMILES string of the molecule is C=C1/C=C\C=C/C/C=C\C=C/1N(c1ccccc1)c1ccc2c(c1)oc1c3ccc(-c4ccc(N(c5ccccc5)c5ccccc5)cc4)cc3c3ccccc3c21. The first kappa shape index (κ1) is 34.8. The van der Waals surface area contributed by atoms with Crippen molar-refractivity contribution in [2.75, 3.05) is 9.80 Å². The van der Waals surface area contributed by atoms with Crippen LogP contribution in [0.15, 0.2) is 241 Å². The van der Waals surface area contributed by atoms with E-state index in [0.717, 1.165) is 84.6 Å². The Balaban J connectivity index is 1.09. The van der Waals surface area contributed by atoms with Crippen LogP contribution in [0.1, 0.15) is 6.42 Å². The first-order valence-corrected chi connectivity index (χ1v) is 19.8. The molecule has 0 aliphatic heterocycles. The fraction of sp³-hybridized carbons (Fsp3) is 0.0182. The third kappa shape index (κ3) is 6.39. The predicted octanol–water partition coefficient (Wildman–Crippen LogP) is 15.7. The Morgan fingerprint density at radius 3 is 1.71 bits per heavy atom. The van der Waals surface area contributed by atoms with Crippen LogP contribution in [-0.2, 0) is 0 Å². The summed E-state index contributed by atoms with van der Waals surface area (Å²) in [5, 5.41) is 6.87. The Bertz CT molecular complexity index is 3040. The van der Waals surface area contributed by atoms with E-state index in [4.69, 9.17) is 4.42 Å². The monoisotopic (exact) mass is 744 g/mol. The van der Waals surface area contributed by atoms with Gasteiger partial charge in [0.05, 0.1) is 5.70 Å². The first-order valence-electron chi connectivity index (χ1n) is 19.8. The Morgan fingerprint density at radius 1 is 0.431 bits per heavy atom. The van der Waals surface area contributed by atoms with E-state index in [1.165, 1.54) is 16.2 Å². The van der Waals surface area contributed by atoms with Crippen LogP contribution in [-0.4, -0.2) is 0 Å². The molecule has 0 bridgehead atoms. The molecule has 0 atom stereocenters. The Hall–Kier alpha value is -7.62. The number of allylic oxidation sites excluding steroid dienone is 7. The lowest BCUT2D eigenvalue weighted by Crippen LogP contribution is -2.17. The maximum Gasteiger partial charge on any atom is 0.143 e. The molecule has 0 fully saturated rings. The molecule has 3 nitrogen and oxygen atoms in total. The van der Waals surface area contributed by atoms with Crippen LogP contribution < -0.4 is 9.80 Å². The van der Waals surface area contributed by atoms with Gasteiger partial charge in [-0.3, -0.25) is 0 Å². The Labute approximate surface area is 338 Å². The molecule has 3 heteroatoms. The second kappa shape index (κ2) is 15.1. The largest absolute Gasteiger partial charge is 0.455 e. The maximum absolute atomic E-state index is 6.96. The molecule has 10 rings (SSSR count). The van der Waals surface area contributed by atoms with Crippen LogP contribution in [0.5, 0.6) is 0 Å². The van der Waals surface area contributed by atoms with Gasteiger partial charge in [0.1, 0.15) is 11.2 Å². The fourth-order valence-electron chi connectivity index (χ4n) is 8.23. The molecule has 1 aromatic heterocycles. The minimum absolute atomic E-state index is 0.840. The number of furan rings is 1. The third-order valence-corrected chi connectivity index (χ3v) is 11.0. The fourth-order valence-corrected chi connectivity index (χ4v) is 8.23. The summed E-state index contributed by atoms with van der Waals surface area (Å²) in [5.74, 6) is 0. The highest BCUT2D eigenvalue weighted by Crippen LogP contribution is 2.44. The number of fused-ring (bicyclic) bond motifs is 8. The highest BCUT2D eigenvalue weighted by atomic mass is 16.3. The van der Waals surface area contributed by atoms with Gasteiger partial charge in [0.25, 0.3) is 0 Å². The zero-order valence-electron chi connectivity index (χ0n) is 32.0. The topological polar surface area (TPSA) is 19.6 Å². The predicted molar refractivity (Wildman–Crippen MR) is 247 cm³/mol. The first-order chi connectivity index (χ1) is 28.7. The molecular formula is C55H40N2O. The molecule has 0 radical (unpaired) electrons. The van der Waals surface area contributed by atoms with E-state index in [1.807, 2.05) is 6.07 Å². The van der Waals surface area contributed by atoms with Gasteiger partial charge in [0.2, 0.25) is 0 Å². The van der Waals surface area contributed by atoms with Gasteiger partial charge in [0, 0.05) is 50.7 Å². The lowest BCUT2D eigenvalue weighted by atomic mass is 9.94. The van der Waals surface area contributed by atoms with Gasteiger partial charge in [-0.05, 0) is 118 Å². The Kier molecular flexibility index (Phi) is 9.09. The highest BCUT2D eigenvalue weighted by Gasteiger charge is 2.21. The van der Waals surface area contributed by atoms with E-state index in [9.17, 15) is 0 Å². The van der Waals surface area contributed by atoms with Crippen molar-refractivity contribution < 1.29 is 4.42 Å². The number of benzene rings is 8. The summed E-state index contributed by atoms with van der Waals surface area (Å²) in [6.45, 7) is 4.48. The van der Waals surface area contributed by atoms with Gasteiger partial charge in [-0.2, -0.15) is 0 Å². The van der Waals surface area contributed by atoms with Crippen LogP contribution in [0.2, 0.25) is 0 Å². The van der Waals surface area contributed by atoms with Crippen molar-refractivity contribution in [1.82, 2.24) is 0 Å². The number of nitrogens with zero attached hydrogens (tertiary/aromatic N) is 2. The van der Waals surface area contributed by atoms with Crippen LogP contribution in [0.3, 0.4) is 0 Å². The highest BCUT2D eigenvalue weighted by molar-refractivity contribution is 6.30. The quantitative estimate of drug-likeness (QED) is 0.152. The van der Waals surface area contributed by atoms with Crippen molar-refractivity contribution in [1.29, 1.82) is 0 Å². The minimum atomic E-state index is 0.840. The Morgan fingerprint density at radius 2 is 1.00 bits per heavy atom. The maximum atomic E-state index is 6.96. The molecule has 1 aliphatic rings. The van der Waals surface area contributed by atoms with Crippen molar-refractivity contribution >= 4 is 71.9 Å². The van der Waals surface area contributed by atoms with Gasteiger partial charge in [-0.25, -0.2) is 0 Å². The summed E-state index contributed by atoms with van der Waals surface area (Å²) < 4.78 is 6.96. The number of anilines is 5. The summed E-state index contributed by atoms with van der Waals surface area (Å²) in [4.78, 5) is 4.56. The van der Waals surface area contributed by atoms with Crippen LogP contribution >= 0.6 is 0 Å². The summed E-state index contributed by atoms with van der Waals surface area (Å²) in [7, 11) is 0.